The van der Waals surface area contributed by atoms with Gasteiger partial charge < -0.3 is 26.6 Å². The number of hydrogen-bond acceptors (Lipinski definition) is 4. The van der Waals surface area contributed by atoms with E-state index >= 15 is 0 Å². The molecule has 0 spiro atoms. The summed E-state index contributed by atoms with van der Waals surface area (Å²) in [6.07, 6.45) is -4.50. The van der Waals surface area contributed by atoms with Gasteiger partial charge in [0.25, 0.3) is 0 Å². The Balaban J connectivity index is -0.0000000800. The molecule has 0 aliphatic heterocycles. The first kappa shape index (κ1) is 16.4. The second kappa shape index (κ2) is 6.91. The SMILES string of the molecule is [O-]C([O-])([O-])[O-].[Sr+2].[Sr+2]. The summed E-state index contributed by atoms with van der Waals surface area (Å²) >= 11 is 0. The van der Waals surface area contributed by atoms with Crippen LogP contribution in [0.15, 0.2) is 0 Å². The van der Waals surface area contributed by atoms with Crippen molar-refractivity contribution in [1.82, 2.24) is 0 Å². The summed E-state index contributed by atoms with van der Waals surface area (Å²) in [5.41, 5.74) is 0. The first-order chi connectivity index (χ1) is 2.00. The second-order valence-electron chi connectivity index (χ2n) is 0.500. The molecule has 7 heavy (non-hydrogen) atoms. The zero-order valence-corrected chi connectivity index (χ0v) is 10.5. The number of hydrogen-bond donors (Lipinski definition) is 0. The van der Waals surface area contributed by atoms with Gasteiger partial charge in [-0.25, -0.2) is 0 Å². The van der Waals surface area contributed by atoms with E-state index in [-0.39, 0.29) is 91.0 Å². The third-order valence-corrected chi connectivity index (χ3v) is 0. The molecule has 6 heteroatoms. The predicted molar refractivity (Wildman–Crippen MR) is 14.2 cm³/mol. The van der Waals surface area contributed by atoms with Crippen LogP contribution in [-0.2, 0) is 0 Å². The molecule has 0 saturated carbocycles. The largest absolute Gasteiger partial charge is 2.00 e. The van der Waals surface area contributed by atoms with Crippen molar-refractivity contribution in [2.75, 3.05) is 0 Å². The molecule has 0 heterocycles. The fraction of sp³-hybridized carbons (Fsp3) is 1.00. The van der Waals surface area contributed by atoms with Crippen LogP contribution in [0.2, 0.25) is 0 Å². The maximum atomic E-state index is 8.44. The molecular weight excluding hydrogens is 251 g/mol. The number of rotatable bonds is 0. The molecule has 0 atom stereocenters. The molecule has 0 bridgehead atoms. The van der Waals surface area contributed by atoms with Gasteiger partial charge in [0.2, 0.25) is 0 Å². The summed E-state index contributed by atoms with van der Waals surface area (Å²) in [4.78, 5) is 0. The predicted octanol–water partition coefficient (Wildman–Crippen LogP) is -5.72. The third-order valence-electron chi connectivity index (χ3n) is 0. The van der Waals surface area contributed by atoms with Crippen molar-refractivity contribution in [2.24, 2.45) is 0 Å². The van der Waals surface area contributed by atoms with E-state index in [2.05, 4.69) is 0 Å². The van der Waals surface area contributed by atoms with Crippen LogP contribution in [0.3, 0.4) is 0 Å². The standard InChI is InChI=1S/CO4.2Sr/c2-1(3,4)5;;/q-4;2*+2. The van der Waals surface area contributed by atoms with Crippen LogP contribution in [0.4, 0.5) is 0 Å². The van der Waals surface area contributed by atoms with Crippen molar-refractivity contribution < 1.29 is 20.4 Å². The molecule has 0 saturated heterocycles. The molecule has 0 aliphatic carbocycles. The second-order valence-corrected chi connectivity index (χ2v) is 0.500. The van der Waals surface area contributed by atoms with Crippen LogP contribution in [-0.4, -0.2) is 97.1 Å². The maximum absolute atomic E-state index is 8.44. The van der Waals surface area contributed by atoms with Gasteiger partial charge in [-0.2, -0.15) is 0 Å². The van der Waals surface area contributed by atoms with Crippen molar-refractivity contribution in [1.29, 1.82) is 0 Å². The van der Waals surface area contributed by atoms with E-state index in [4.69, 9.17) is 20.4 Å². The van der Waals surface area contributed by atoms with Gasteiger partial charge >= 0.3 is 91.0 Å². The molecule has 0 aromatic carbocycles. The van der Waals surface area contributed by atoms with Gasteiger partial charge in [0, 0.05) is 0 Å². The molecule has 0 fully saturated rings. The van der Waals surface area contributed by atoms with E-state index in [9.17, 15) is 0 Å². The smallest absolute Gasteiger partial charge is 0.890 e. The van der Waals surface area contributed by atoms with Crippen LogP contribution in [0.1, 0.15) is 0 Å². The van der Waals surface area contributed by atoms with Crippen molar-refractivity contribution in [3.8, 4) is 0 Å². The minimum atomic E-state index is -4.50. The third kappa shape index (κ3) is 51.9. The normalized spacial score (nSPS) is 8.57. The average Bonchev–Trinajstić information content (AvgIpc) is 0.722. The maximum Gasteiger partial charge on any atom is 2.00 e. The van der Waals surface area contributed by atoms with E-state index < -0.39 is 6.16 Å². The fourth-order valence-corrected chi connectivity index (χ4v) is 0. The monoisotopic (exact) mass is 252 g/mol. The Morgan fingerprint density at radius 3 is 0.714 bits per heavy atom. The van der Waals surface area contributed by atoms with E-state index in [1.54, 1.807) is 0 Å². The Kier molecular flexibility index (Phi) is 16.2. The Labute approximate surface area is 115 Å². The van der Waals surface area contributed by atoms with Gasteiger partial charge in [0.05, 0.1) is 0 Å². The molecule has 0 rings (SSSR count). The van der Waals surface area contributed by atoms with Gasteiger partial charge in [-0.15, -0.1) is 0 Å². The zero-order valence-electron chi connectivity index (χ0n) is 3.55. The minimum Gasteiger partial charge on any atom is -0.890 e. The van der Waals surface area contributed by atoms with Gasteiger partial charge in [0.1, 0.15) is 0 Å². The molecule has 4 nitrogen and oxygen atoms in total. The topological polar surface area (TPSA) is 92.2 Å². The van der Waals surface area contributed by atoms with E-state index in [0.717, 1.165) is 0 Å². The molecule has 0 N–H and O–H groups in total. The molecule has 0 aromatic heterocycles. The van der Waals surface area contributed by atoms with E-state index in [0.29, 0.717) is 0 Å². The first-order valence-electron chi connectivity index (χ1n) is 0.816. The Bertz CT molecular complexity index is 25.2. The van der Waals surface area contributed by atoms with Gasteiger partial charge in [0.15, 0.2) is 0 Å². The van der Waals surface area contributed by atoms with Crippen LogP contribution in [0, 0.1) is 0 Å². The summed E-state index contributed by atoms with van der Waals surface area (Å²) in [5.74, 6) is 0. The molecule has 0 amide bonds. The quantitative estimate of drug-likeness (QED) is 0.317. The zero-order chi connectivity index (χ0) is 4.50. The van der Waals surface area contributed by atoms with Crippen molar-refractivity contribution in [3.63, 3.8) is 0 Å². The van der Waals surface area contributed by atoms with Gasteiger partial charge in [-0.3, -0.25) is 0 Å². The van der Waals surface area contributed by atoms with Crippen molar-refractivity contribution in [3.05, 3.63) is 0 Å². The van der Waals surface area contributed by atoms with Crippen LogP contribution in [0.5, 0.6) is 0 Å². The van der Waals surface area contributed by atoms with Crippen LogP contribution >= 0.6 is 0 Å². The van der Waals surface area contributed by atoms with Gasteiger partial charge in [-0.05, 0) is 0 Å². The first-order valence-corrected chi connectivity index (χ1v) is 0.816. The molecule has 0 aliphatic rings. The Morgan fingerprint density at radius 1 is 0.714 bits per heavy atom. The van der Waals surface area contributed by atoms with Crippen LogP contribution < -0.4 is 20.4 Å². The molecule has 0 aromatic rings. The Hall–Kier alpha value is 2.80. The Morgan fingerprint density at radius 2 is 0.714 bits per heavy atom. The summed E-state index contributed by atoms with van der Waals surface area (Å²) in [6.45, 7) is 0. The minimum absolute atomic E-state index is 0. The van der Waals surface area contributed by atoms with E-state index in [1.165, 1.54) is 0 Å². The summed E-state index contributed by atoms with van der Waals surface area (Å²) < 4.78 is 0. The summed E-state index contributed by atoms with van der Waals surface area (Å²) in [7, 11) is 0. The average molecular weight is 251 g/mol. The summed E-state index contributed by atoms with van der Waals surface area (Å²) in [6, 6.07) is 0. The van der Waals surface area contributed by atoms with E-state index in [1.807, 2.05) is 0 Å². The van der Waals surface area contributed by atoms with Gasteiger partial charge in [-0.1, -0.05) is 0 Å². The molecular formula is CO4Sr2. The molecule has 0 radical (unpaired) electrons. The summed E-state index contributed by atoms with van der Waals surface area (Å²) in [5, 5.41) is 33.8. The van der Waals surface area contributed by atoms with Crippen molar-refractivity contribution >= 4 is 91.0 Å². The molecule has 0 unspecified atom stereocenters. The van der Waals surface area contributed by atoms with Crippen molar-refractivity contribution in [2.45, 2.75) is 6.16 Å². The molecule has 32 valence electrons. The fourth-order valence-electron chi connectivity index (χ4n) is 0. The van der Waals surface area contributed by atoms with Crippen LogP contribution in [0.25, 0.3) is 0 Å².